The molecule has 1 atom stereocenters. The summed E-state index contributed by atoms with van der Waals surface area (Å²) in [7, 11) is -4.22. The molecule has 0 saturated carbocycles. The van der Waals surface area contributed by atoms with Gasteiger partial charge in [0.1, 0.15) is 5.49 Å². The SMILES string of the molecule is CO[PH](=O)CS(C)(=O)=O. The number of sulfone groups is 1. The molecule has 0 bridgehead atoms. The summed E-state index contributed by atoms with van der Waals surface area (Å²) in [5, 5.41) is 0. The van der Waals surface area contributed by atoms with Gasteiger partial charge in [-0.05, 0) is 0 Å². The van der Waals surface area contributed by atoms with Gasteiger partial charge in [-0.1, -0.05) is 0 Å². The van der Waals surface area contributed by atoms with Gasteiger partial charge in [-0.15, -0.1) is 0 Å². The highest BCUT2D eigenvalue weighted by molar-refractivity contribution is 7.95. The monoisotopic (exact) mass is 172 g/mol. The molecule has 0 aliphatic heterocycles. The summed E-state index contributed by atoms with van der Waals surface area (Å²) in [5.41, 5.74) is -0.353. The highest BCUT2D eigenvalue weighted by Crippen LogP contribution is 2.21. The van der Waals surface area contributed by atoms with E-state index in [4.69, 9.17) is 0 Å². The van der Waals surface area contributed by atoms with E-state index < -0.39 is 17.9 Å². The number of hydrogen-bond acceptors (Lipinski definition) is 4. The molecular weight excluding hydrogens is 163 g/mol. The predicted molar refractivity (Wildman–Crippen MR) is 35.7 cm³/mol. The zero-order chi connectivity index (χ0) is 7.49. The van der Waals surface area contributed by atoms with Crippen molar-refractivity contribution in [3.63, 3.8) is 0 Å². The first-order chi connectivity index (χ1) is 3.95. The summed E-state index contributed by atoms with van der Waals surface area (Å²) in [6.07, 6.45) is 1.02. The van der Waals surface area contributed by atoms with Crippen LogP contribution in [0, 0.1) is 0 Å². The quantitative estimate of drug-likeness (QED) is 0.567. The van der Waals surface area contributed by atoms with Crippen molar-refractivity contribution >= 4 is 17.9 Å². The predicted octanol–water partition coefficient (Wildman–Crippen LogP) is 0.110. The fourth-order valence-corrected chi connectivity index (χ4v) is 2.46. The molecule has 56 valence electrons. The average Bonchev–Trinajstić information content (AvgIpc) is 1.62. The second kappa shape index (κ2) is 3.34. The van der Waals surface area contributed by atoms with Crippen molar-refractivity contribution < 1.29 is 17.5 Å². The summed E-state index contributed by atoms with van der Waals surface area (Å²) in [4.78, 5) is 0. The average molecular weight is 172 g/mol. The lowest BCUT2D eigenvalue weighted by Gasteiger charge is -1.94. The van der Waals surface area contributed by atoms with E-state index in [1.807, 2.05) is 0 Å². The highest BCUT2D eigenvalue weighted by atomic mass is 32.2. The Kier molecular flexibility index (Phi) is 3.40. The standard InChI is InChI=1S/C3H9O4PS/c1-7-8(4)3-9(2,5)6/h8H,3H2,1-2H3. The van der Waals surface area contributed by atoms with Gasteiger partial charge in [-0.3, -0.25) is 4.57 Å². The van der Waals surface area contributed by atoms with Crippen LogP contribution in [0.3, 0.4) is 0 Å². The number of hydrogen-bond donors (Lipinski definition) is 0. The molecule has 0 amide bonds. The summed E-state index contributed by atoms with van der Waals surface area (Å²) in [5.74, 6) is 0. The largest absolute Gasteiger partial charge is 0.333 e. The molecule has 4 nitrogen and oxygen atoms in total. The Morgan fingerprint density at radius 3 is 2.11 bits per heavy atom. The summed E-state index contributed by atoms with van der Waals surface area (Å²) in [6.45, 7) is 0. The lowest BCUT2D eigenvalue weighted by Crippen LogP contribution is -1.98. The minimum atomic E-state index is -3.13. The Bertz CT molecular complexity index is 194. The minimum absolute atomic E-state index is 0.353. The van der Waals surface area contributed by atoms with Crippen molar-refractivity contribution in [3.05, 3.63) is 0 Å². The summed E-state index contributed by atoms with van der Waals surface area (Å²) in [6, 6.07) is 0. The molecule has 9 heavy (non-hydrogen) atoms. The Morgan fingerprint density at radius 2 is 2.00 bits per heavy atom. The van der Waals surface area contributed by atoms with Crippen molar-refractivity contribution in [2.24, 2.45) is 0 Å². The van der Waals surface area contributed by atoms with Crippen LogP contribution in [0.4, 0.5) is 0 Å². The molecule has 0 aliphatic carbocycles. The lowest BCUT2D eigenvalue weighted by atomic mass is 11.8. The topological polar surface area (TPSA) is 60.4 Å². The molecule has 0 aromatic heterocycles. The van der Waals surface area contributed by atoms with Crippen LogP contribution in [0.2, 0.25) is 0 Å². The maximum absolute atomic E-state index is 10.4. The van der Waals surface area contributed by atoms with Crippen molar-refractivity contribution in [3.8, 4) is 0 Å². The molecule has 0 rings (SSSR count). The van der Waals surface area contributed by atoms with Gasteiger partial charge in [0.2, 0.25) is 8.03 Å². The molecule has 0 spiro atoms. The normalized spacial score (nSPS) is 15.3. The molecule has 1 unspecified atom stereocenters. The molecule has 0 saturated heterocycles. The Labute approximate surface area is 55.0 Å². The van der Waals surface area contributed by atoms with E-state index in [2.05, 4.69) is 4.52 Å². The van der Waals surface area contributed by atoms with Crippen LogP contribution in [0.5, 0.6) is 0 Å². The van der Waals surface area contributed by atoms with Crippen LogP contribution in [0.1, 0.15) is 0 Å². The molecular formula is C3H9O4PS. The van der Waals surface area contributed by atoms with E-state index in [1.165, 1.54) is 7.11 Å². The molecule has 0 aromatic rings. The molecule has 0 aliphatic rings. The van der Waals surface area contributed by atoms with Crippen molar-refractivity contribution in [2.45, 2.75) is 0 Å². The van der Waals surface area contributed by atoms with Crippen molar-refractivity contribution in [1.82, 2.24) is 0 Å². The van der Waals surface area contributed by atoms with Crippen molar-refractivity contribution in [1.29, 1.82) is 0 Å². The highest BCUT2D eigenvalue weighted by Gasteiger charge is 2.06. The van der Waals surface area contributed by atoms with Gasteiger partial charge in [-0.2, -0.15) is 0 Å². The molecule has 0 heterocycles. The summed E-state index contributed by atoms with van der Waals surface area (Å²) >= 11 is 0. The zero-order valence-corrected chi connectivity index (χ0v) is 7.06. The molecule has 0 fully saturated rings. The van der Waals surface area contributed by atoms with E-state index in [9.17, 15) is 13.0 Å². The maximum atomic E-state index is 10.4. The van der Waals surface area contributed by atoms with Gasteiger partial charge >= 0.3 is 0 Å². The zero-order valence-electron chi connectivity index (χ0n) is 5.25. The Hall–Kier alpha value is 0.140. The number of rotatable bonds is 3. The fourth-order valence-electron chi connectivity index (χ4n) is 0.273. The van der Waals surface area contributed by atoms with E-state index in [-0.39, 0.29) is 5.49 Å². The van der Waals surface area contributed by atoms with Crippen LogP contribution in [-0.2, 0) is 18.9 Å². The van der Waals surface area contributed by atoms with Crippen LogP contribution in [0.15, 0.2) is 0 Å². The Balaban J connectivity index is 3.91. The third kappa shape index (κ3) is 6.02. The van der Waals surface area contributed by atoms with Gasteiger partial charge < -0.3 is 4.52 Å². The molecule has 0 radical (unpaired) electrons. The van der Waals surface area contributed by atoms with Gasteiger partial charge in [0.15, 0.2) is 9.84 Å². The second-order valence-electron chi connectivity index (χ2n) is 1.65. The van der Waals surface area contributed by atoms with Crippen LogP contribution in [0.25, 0.3) is 0 Å². The molecule has 6 heteroatoms. The van der Waals surface area contributed by atoms with Gasteiger partial charge in [-0.25, -0.2) is 8.42 Å². The first-order valence-corrected chi connectivity index (χ1v) is 5.78. The summed E-state index contributed by atoms with van der Waals surface area (Å²) < 4.78 is 35.4. The van der Waals surface area contributed by atoms with Crippen molar-refractivity contribution in [2.75, 3.05) is 18.9 Å². The van der Waals surface area contributed by atoms with Crippen LogP contribution in [-0.4, -0.2) is 27.3 Å². The van der Waals surface area contributed by atoms with E-state index >= 15 is 0 Å². The first kappa shape index (κ1) is 9.14. The Morgan fingerprint density at radius 1 is 1.56 bits per heavy atom. The van der Waals surface area contributed by atoms with Gasteiger partial charge in [0.05, 0.1) is 0 Å². The molecule has 0 aromatic carbocycles. The molecule has 0 N–H and O–H groups in total. The van der Waals surface area contributed by atoms with E-state index in [0.29, 0.717) is 0 Å². The maximum Gasteiger partial charge on any atom is 0.206 e. The lowest BCUT2D eigenvalue weighted by molar-refractivity contribution is 0.418. The van der Waals surface area contributed by atoms with E-state index in [1.54, 1.807) is 0 Å². The van der Waals surface area contributed by atoms with Gasteiger partial charge in [0.25, 0.3) is 0 Å². The third-order valence-corrected chi connectivity index (χ3v) is 4.10. The third-order valence-electron chi connectivity index (χ3n) is 0.608. The fraction of sp³-hybridized carbons (Fsp3) is 1.00. The minimum Gasteiger partial charge on any atom is -0.333 e. The first-order valence-electron chi connectivity index (χ1n) is 2.20. The van der Waals surface area contributed by atoms with Gasteiger partial charge in [0, 0.05) is 13.4 Å². The smallest absolute Gasteiger partial charge is 0.206 e. The van der Waals surface area contributed by atoms with E-state index in [0.717, 1.165) is 6.26 Å². The van der Waals surface area contributed by atoms with Crippen LogP contribution >= 0.6 is 8.03 Å². The van der Waals surface area contributed by atoms with Crippen LogP contribution < -0.4 is 0 Å². The second-order valence-corrected chi connectivity index (χ2v) is 5.80.